The fourth-order valence-corrected chi connectivity index (χ4v) is 3.12. The quantitative estimate of drug-likeness (QED) is 0.615. The third-order valence-electron chi connectivity index (χ3n) is 2.76. The van der Waals surface area contributed by atoms with Crippen LogP contribution in [0.2, 0.25) is 0 Å². The van der Waals surface area contributed by atoms with Crippen LogP contribution in [0.5, 0.6) is 0 Å². The second-order valence-corrected chi connectivity index (χ2v) is 6.21. The van der Waals surface area contributed by atoms with Gasteiger partial charge in [-0.3, -0.25) is 4.98 Å². The molecule has 0 aliphatic rings. The molecule has 0 saturated heterocycles. The minimum absolute atomic E-state index is 0.355. The molecule has 2 aromatic heterocycles. The molecule has 0 radical (unpaired) electrons. The summed E-state index contributed by atoms with van der Waals surface area (Å²) in [4.78, 5) is 4.47. The Kier molecular flexibility index (Phi) is 5.23. The Morgan fingerprint density at radius 2 is 2.50 bits per heavy atom. The third-order valence-corrected chi connectivity index (χ3v) is 4.57. The molecule has 1 atom stereocenters. The van der Waals surface area contributed by atoms with Crippen LogP contribution in [0.15, 0.2) is 36.4 Å². The van der Waals surface area contributed by atoms with E-state index in [0.29, 0.717) is 6.04 Å². The van der Waals surface area contributed by atoms with Gasteiger partial charge in [0.15, 0.2) is 0 Å². The molecular formula is C14H18N2S2. The molecule has 2 aromatic rings. The Bertz CT molecular complexity index is 507. The first kappa shape index (κ1) is 13.6. The lowest BCUT2D eigenvalue weighted by Gasteiger charge is -2.13. The average molecular weight is 278 g/mol. The highest BCUT2D eigenvalue weighted by Crippen LogP contribution is 2.22. The number of nitrogens with one attached hydrogen (secondary N) is 1. The summed E-state index contributed by atoms with van der Waals surface area (Å²) in [6, 6.07) is 4.66. The van der Waals surface area contributed by atoms with Gasteiger partial charge in [-0.25, -0.2) is 0 Å². The van der Waals surface area contributed by atoms with Crippen molar-refractivity contribution in [1.29, 1.82) is 0 Å². The van der Waals surface area contributed by atoms with Crippen LogP contribution in [0.1, 0.15) is 18.5 Å². The zero-order chi connectivity index (χ0) is 12.8. The van der Waals surface area contributed by atoms with Gasteiger partial charge in [0.05, 0.1) is 10.2 Å². The van der Waals surface area contributed by atoms with Crippen molar-refractivity contribution in [3.63, 3.8) is 0 Å². The number of rotatable bonds is 7. The van der Waals surface area contributed by atoms with Crippen LogP contribution in [0.3, 0.4) is 0 Å². The second kappa shape index (κ2) is 6.92. The topological polar surface area (TPSA) is 24.9 Å². The number of fused-ring (bicyclic) bond motifs is 1. The molecule has 0 amide bonds. The Morgan fingerprint density at radius 3 is 3.33 bits per heavy atom. The largest absolute Gasteiger partial charge is 0.309 e. The highest BCUT2D eigenvalue weighted by Gasteiger charge is 2.06. The Hall–Kier alpha value is -0.840. The highest BCUT2D eigenvalue weighted by molar-refractivity contribution is 7.99. The van der Waals surface area contributed by atoms with E-state index < -0.39 is 0 Å². The lowest BCUT2D eigenvalue weighted by Crippen LogP contribution is -2.21. The summed E-state index contributed by atoms with van der Waals surface area (Å²) in [6.07, 6.45) is 3.92. The summed E-state index contributed by atoms with van der Waals surface area (Å²) >= 11 is 3.65. The van der Waals surface area contributed by atoms with Gasteiger partial charge in [0.25, 0.3) is 0 Å². The van der Waals surface area contributed by atoms with Crippen molar-refractivity contribution >= 4 is 33.3 Å². The molecule has 0 saturated carbocycles. The lowest BCUT2D eigenvalue weighted by molar-refractivity contribution is 0.600. The smallest absolute Gasteiger partial charge is 0.0809 e. The molecule has 0 aliphatic carbocycles. The van der Waals surface area contributed by atoms with E-state index in [4.69, 9.17) is 0 Å². The normalized spacial score (nSPS) is 12.7. The fraction of sp³-hybridized carbons (Fsp3) is 0.357. The van der Waals surface area contributed by atoms with Gasteiger partial charge in [-0.2, -0.15) is 11.8 Å². The number of thioether (sulfide) groups is 1. The van der Waals surface area contributed by atoms with Gasteiger partial charge in [0, 0.05) is 30.3 Å². The van der Waals surface area contributed by atoms with Crippen molar-refractivity contribution in [2.45, 2.75) is 13.0 Å². The van der Waals surface area contributed by atoms with Gasteiger partial charge >= 0.3 is 0 Å². The van der Waals surface area contributed by atoms with Crippen molar-refractivity contribution in [1.82, 2.24) is 10.3 Å². The second-order valence-electron chi connectivity index (χ2n) is 4.11. The van der Waals surface area contributed by atoms with E-state index in [1.807, 2.05) is 24.0 Å². The molecule has 2 rings (SSSR count). The van der Waals surface area contributed by atoms with Crippen LogP contribution in [0.25, 0.3) is 10.2 Å². The van der Waals surface area contributed by atoms with E-state index in [0.717, 1.165) is 23.6 Å². The maximum atomic E-state index is 4.47. The molecule has 1 unspecified atom stereocenters. The van der Waals surface area contributed by atoms with Crippen molar-refractivity contribution in [3.05, 3.63) is 41.9 Å². The predicted molar refractivity (Wildman–Crippen MR) is 83.6 cm³/mol. The van der Waals surface area contributed by atoms with E-state index >= 15 is 0 Å². The predicted octanol–water partition coefficient (Wildman–Crippen LogP) is 3.87. The molecule has 0 bridgehead atoms. The van der Waals surface area contributed by atoms with Gasteiger partial charge in [0.2, 0.25) is 0 Å². The van der Waals surface area contributed by atoms with Gasteiger partial charge in [-0.1, -0.05) is 6.08 Å². The average Bonchev–Trinajstić information content (AvgIpc) is 2.85. The molecule has 2 nitrogen and oxygen atoms in total. The lowest BCUT2D eigenvalue weighted by atomic mass is 10.1. The first-order chi connectivity index (χ1) is 8.81. The molecule has 4 heteroatoms. The third kappa shape index (κ3) is 3.57. The van der Waals surface area contributed by atoms with E-state index in [-0.39, 0.29) is 0 Å². The number of hydrogen-bond donors (Lipinski definition) is 1. The number of aromatic nitrogens is 1. The van der Waals surface area contributed by atoms with Gasteiger partial charge in [-0.05, 0) is 30.0 Å². The van der Waals surface area contributed by atoms with Crippen LogP contribution in [-0.2, 0) is 0 Å². The molecule has 18 heavy (non-hydrogen) atoms. The van der Waals surface area contributed by atoms with Crippen LogP contribution in [0.4, 0.5) is 0 Å². The van der Waals surface area contributed by atoms with E-state index in [2.05, 4.69) is 41.3 Å². The zero-order valence-electron chi connectivity index (χ0n) is 10.6. The standard InChI is InChI=1S/C14H18N2S2/c1-3-6-17-8-5-15-11(2)12-9-14-13(16-10-12)4-7-18-14/h3-4,7,9-11,15H,1,5-6,8H2,2H3. The van der Waals surface area contributed by atoms with Crippen LogP contribution in [-0.4, -0.2) is 23.0 Å². The minimum atomic E-state index is 0.355. The van der Waals surface area contributed by atoms with Gasteiger partial charge < -0.3 is 5.32 Å². The summed E-state index contributed by atoms with van der Waals surface area (Å²) in [7, 11) is 0. The van der Waals surface area contributed by atoms with E-state index in [1.54, 1.807) is 11.3 Å². The van der Waals surface area contributed by atoms with Crippen LogP contribution < -0.4 is 5.32 Å². The van der Waals surface area contributed by atoms with E-state index in [9.17, 15) is 0 Å². The zero-order valence-corrected chi connectivity index (χ0v) is 12.2. The van der Waals surface area contributed by atoms with Crippen molar-refractivity contribution in [2.24, 2.45) is 0 Å². The number of hydrogen-bond acceptors (Lipinski definition) is 4. The number of thiophene rings is 1. The van der Waals surface area contributed by atoms with Crippen LogP contribution in [0, 0.1) is 0 Å². The molecular weight excluding hydrogens is 260 g/mol. The fourth-order valence-electron chi connectivity index (χ4n) is 1.73. The molecule has 0 aliphatic heterocycles. The maximum absolute atomic E-state index is 4.47. The molecule has 0 spiro atoms. The summed E-state index contributed by atoms with van der Waals surface area (Å²) in [5.41, 5.74) is 2.36. The number of pyridine rings is 1. The highest BCUT2D eigenvalue weighted by atomic mass is 32.2. The van der Waals surface area contributed by atoms with Gasteiger partial charge in [0.1, 0.15) is 0 Å². The monoisotopic (exact) mass is 278 g/mol. The first-order valence-electron chi connectivity index (χ1n) is 6.06. The van der Waals surface area contributed by atoms with E-state index in [1.165, 1.54) is 10.3 Å². The van der Waals surface area contributed by atoms with Crippen molar-refractivity contribution in [3.8, 4) is 0 Å². The Balaban J connectivity index is 1.87. The van der Waals surface area contributed by atoms with Crippen LogP contribution >= 0.6 is 23.1 Å². The number of nitrogens with zero attached hydrogens (tertiary/aromatic N) is 1. The molecule has 2 heterocycles. The summed E-state index contributed by atoms with van der Waals surface area (Å²) in [6.45, 7) is 6.92. The molecule has 1 N–H and O–H groups in total. The van der Waals surface area contributed by atoms with Gasteiger partial charge in [-0.15, -0.1) is 17.9 Å². The maximum Gasteiger partial charge on any atom is 0.0809 e. The van der Waals surface area contributed by atoms with Crippen molar-refractivity contribution < 1.29 is 0 Å². The Morgan fingerprint density at radius 1 is 1.61 bits per heavy atom. The molecule has 0 aromatic carbocycles. The first-order valence-corrected chi connectivity index (χ1v) is 8.10. The summed E-state index contributed by atoms with van der Waals surface area (Å²) < 4.78 is 1.27. The Labute approximate surface area is 117 Å². The minimum Gasteiger partial charge on any atom is -0.309 e. The molecule has 96 valence electrons. The molecule has 0 fully saturated rings. The summed E-state index contributed by atoms with van der Waals surface area (Å²) in [5, 5.41) is 5.61. The van der Waals surface area contributed by atoms with Crippen molar-refractivity contribution in [2.75, 3.05) is 18.1 Å². The SMILES string of the molecule is C=CCSCCNC(C)c1cnc2ccsc2c1. The summed E-state index contributed by atoms with van der Waals surface area (Å²) in [5.74, 6) is 2.14.